The lowest BCUT2D eigenvalue weighted by Gasteiger charge is -2.16. The van der Waals surface area contributed by atoms with Gasteiger partial charge >= 0.3 is 5.97 Å². The van der Waals surface area contributed by atoms with Crippen molar-refractivity contribution in [1.82, 2.24) is 10.6 Å². The number of carbonyl (C=O) groups is 4. The van der Waals surface area contributed by atoms with Crippen LogP contribution < -0.4 is 10.6 Å². The average Bonchev–Trinajstić information content (AvgIpc) is 2.88. The molecule has 0 saturated carbocycles. The van der Waals surface area contributed by atoms with Gasteiger partial charge in [-0.1, -0.05) is 84.9 Å². The molecule has 0 unspecified atom stereocenters. The van der Waals surface area contributed by atoms with Gasteiger partial charge in [0.2, 0.25) is 11.8 Å². The highest BCUT2D eigenvalue weighted by Gasteiger charge is 2.21. The minimum atomic E-state index is -1.18. The second kappa shape index (κ2) is 12.3. The lowest BCUT2D eigenvalue weighted by atomic mass is 9.99. The Labute approximate surface area is 204 Å². The average molecular weight is 473 g/mol. The molecule has 0 fully saturated rings. The molecule has 7 heteroatoms. The van der Waals surface area contributed by atoms with E-state index in [4.69, 9.17) is 0 Å². The first-order chi connectivity index (χ1) is 16.8. The van der Waals surface area contributed by atoms with E-state index in [9.17, 15) is 24.3 Å². The van der Waals surface area contributed by atoms with Crippen LogP contribution in [0.4, 0.5) is 0 Å². The zero-order valence-corrected chi connectivity index (χ0v) is 19.4. The summed E-state index contributed by atoms with van der Waals surface area (Å²) in [4.78, 5) is 48.7. The van der Waals surface area contributed by atoms with Gasteiger partial charge in [0.1, 0.15) is 6.04 Å². The topological polar surface area (TPSA) is 113 Å². The summed E-state index contributed by atoms with van der Waals surface area (Å²) in [5, 5.41) is 14.9. The fraction of sp³-hybridized carbons (Fsp3) is 0.214. The van der Waals surface area contributed by atoms with Crippen LogP contribution in [0.1, 0.15) is 52.9 Å². The van der Waals surface area contributed by atoms with Gasteiger partial charge in [-0.05, 0) is 18.1 Å². The van der Waals surface area contributed by atoms with Crippen LogP contribution in [0.5, 0.6) is 0 Å². The fourth-order valence-electron chi connectivity index (χ4n) is 3.62. The normalized spacial score (nSPS) is 12.3. The molecule has 0 saturated heterocycles. The molecule has 3 aromatic rings. The summed E-state index contributed by atoms with van der Waals surface area (Å²) in [7, 11) is 0. The summed E-state index contributed by atoms with van der Waals surface area (Å²) in [6, 6.07) is 23.6. The molecule has 3 N–H and O–H groups in total. The molecule has 7 nitrogen and oxygen atoms in total. The Morgan fingerprint density at radius 1 is 0.714 bits per heavy atom. The second-order valence-electron chi connectivity index (χ2n) is 8.25. The van der Waals surface area contributed by atoms with E-state index in [1.807, 2.05) is 43.3 Å². The number of aliphatic carboxylic acids is 1. The van der Waals surface area contributed by atoms with E-state index in [1.54, 1.807) is 48.5 Å². The summed E-state index contributed by atoms with van der Waals surface area (Å²) in [6.45, 7) is 1.85. The van der Waals surface area contributed by atoms with E-state index in [0.29, 0.717) is 16.7 Å². The molecule has 3 aromatic carbocycles. The second-order valence-corrected chi connectivity index (χ2v) is 8.25. The van der Waals surface area contributed by atoms with Crippen molar-refractivity contribution in [2.24, 2.45) is 0 Å². The number of carboxylic acid groups (broad SMARTS) is 1. The smallest absolute Gasteiger partial charge is 0.326 e. The minimum absolute atomic E-state index is 0.0500. The summed E-state index contributed by atoms with van der Waals surface area (Å²) in [6.07, 6.45) is -0.120. The number of carbonyl (C=O) groups excluding carboxylic acids is 3. The van der Waals surface area contributed by atoms with Gasteiger partial charge in [-0.2, -0.15) is 0 Å². The van der Waals surface area contributed by atoms with Crippen LogP contribution in [0, 0.1) is 0 Å². The lowest BCUT2D eigenvalue weighted by Crippen LogP contribution is -2.42. The number of amides is 2. The molecular weight excluding hydrogens is 444 g/mol. The van der Waals surface area contributed by atoms with Crippen LogP contribution in [0.15, 0.2) is 84.9 Å². The Bertz CT molecular complexity index is 1160. The molecule has 2 amide bonds. The maximum Gasteiger partial charge on any atom is 0.326 e. The monoisotopic (exact) mass is 472 g/mol. The largest absolute Gasteiger partial charge is 0.480 e. The maximum atomic E-state index is 12.5. The molecule has 0 aliphatic carbocycles. The number of rotatable bonds is 11. The maximum absolute atomic E-state index is 12.5. The lowest BCUT2D eigenvalue weighted by molar-refractivity contribution is -0.141. The Kier molecular flexibility index (Phi) is 8.89. The van der Waals surface area contributed by atoms with E-state index in [2.05, 4.69) is 10.6 Å². The molecule has 3 rings (SSSR count). The van der Waals surface area contributed by atoms with Gasteiger partial charge in [-0.15, -0.1) is 0 Å². The number of hydrogen-bond acceptors (Lipinski definition) is 4. The van der Waals surface area contributed by atoms with Crippen molar-refractivity contribution < 1.29 is 24.3 Å². The van der Waals surface area contributed by atoms with Gasteiger partial charge in [-0.25, -0.2) is 4.79 Å². The van der Waals surface area contributed by atoms with Crippen molar-refractivity contribution in [2.75, 3.05) is 0 Å². The first kappa shape index (κ1) is 25.4. The van der Waals surface area contributed by atoms with Crippen LogP contribution >= 0.6 is 0 Å². The Balaban J connectivity index is 1.50. The number of benzene rings is 3. The van der Waals surface area contributed by atoms with Crippen LogP contribution in [-0.4, -0.2) is 34.7 Å². The minimum Gasteiger partial charge on any atom is -0.480 e. The predicted molar refractivity (Wildman–Crippen MR) is 132 cm³/mol. The fourth-order valence-corrected chi connectivity index (χ4v) is 3.62. The summed E-state index contributed by atoms with van der Waals surface area (Å²) < 4.78 is 0. The van der Waals surface area contributed by atoms with Gasteiger partial charge in [-0.3, -0.25) is 14.4 Å². The number of carboxylic acids is 1. The first-order valence-corrected chi connectivity index (χ1v) is 11.4. The van der Waals surface area contributed by atoms with Crippen molar-refractivity contribution in [2.45, 2.75) is 38.3 Å². The standard InChI is InChI=1S/C28H28N2O5/c1-19(21-8-4-2-5-9-21)29-25(31)16-17-26(32)30-24(28(34)35)18-20-12-14-23(15-13-20)27(33)22-10-6-3-7-11-22/h2-15,19,24H,16-18H2,1H3,(H,29,31)(H,30,32)(H,34,35)/t19-,24-/m1/s1. The SMILES string of the molecule is C[C@@H](NC(=O)CCC(=O)N[C@H](Cc1ccc(C(=O)c2ccccc2)cc1)C(=O)O)c1ccccc1. The molecule has 35 heavy (non-hydrogen) atoms. The third-order valence-electron chi connectivity index (χ3n) is 5.58. The van der Waals surface area contributed by atoms with E-state index < -0.39 is 17.9 Å². The van der Waals surface area contributed by atoms with Crippen LogP contribution in [0.25, 0.3) is 0 Å². The number of hydrogen-bond donors (Lipinski definition) is 3. The van der Waals surface area contributed by atoms with Crippen molar-refractivity contribution in [1.29, 1.82) is 0 Å². The highest BCUT2D eigenvalue weighted by atomic mass is 16.4. The van der Waals surface area contributed by atoms with Crippen molar-refractivity contribution in [3.05, 3.63) is 107 Å². The van der Waals surface area contributed by atoms with Gasteiger partial charge in [0.25, 0.3) is 0 Å². The van der Waals surface area contributed by atoms with E-state index in [-0.39, 0.29) is 37.0 Å². The van der Waals surface area contributed by atoms with Crippen molar-refractivity contribution in [3.63, 3.8) is 0 Å². The predicted octanol–water partition coefficient (Wildman–Crippen LogP) is 3.69. The summed E-state index contributed by atoms with van der Waals surface area (Å²) in [5.41, 5.74) is 2.68. The molecule has 0 heterocycles. The van der Waals surface area contributed by atoms with Crippen molar-refractivity contribution in [3.8, 4) is 0 Å². The highest BCUT2D eigenvalue weighted by Crippen LogP contribution is 2.13. The van der Waals surface area contributed by atoms with Crippen LogP contribution in [-0.2, 0) is 20.8 Å². The molecule has 0 bridgehead atoms. The van der Waals surface area contributed by atoms with Crippen LogP contribution in [0.2, 0.25) is 0 Å². The molecule has 0 aromatic heterocycles. The summed E-state index contributed by atoms with van der Waals surface area (Å²) >= 11 is 0. The van der Waals surface area contributed by atoms with E-state index in [1.165, 1.54) is 0 Å². The number of ketones is 1. The molecule has 2 atom stereocenters. The highest BCUT2D eigenvalue weighted by molar-refractivity contribution is 6.08. The van der Waals surface area contributed by atoms with Gasteiger partial charge in [0.15, 0.2) is 5.78 Å². The molecule has 0 radical (unpaired) electrons. The van der Waals surface area contributed by atoms with E-state index in [0.717, 1.165) is 5.56 Å². The number of nitrogens with one attached hydrogen (secondary N) is 2. The Morgan fingerprint density at radius 2 is 1.23 bits per heavy atom. The quantitative estimate of drug-likeness (QED) is 0.369. The molecule has 0 aliphatic heterocycles. The summed E-state index contributed by atoms with van der Waals surface area (Å²) in [5.74, 6) is -2.11. The van der Waals surface area contributed by atoms with Gasteiger partial charge in [0, 0.05) is 30.4 Å². The molecule has 180 valence electrons. The molecular formula is C28H28N2O5. The Hall–Kier alpha value is -4.26. The Morgan fingerprint density at radius 3 is 1.80 bits per heavy atom. The zero-order valence-electron chi connectivity index (χ0n) is 19.4. The zero-order chi connectivity index (χ0) is 25.2. The van der Waals surface area contributed by atoms with E-state index >= 15 is 0 Å². The van der Waals surface area contributed by atoms with Crippen molar-refractivity contribution >= 4 is 23.6 Å². The third-order valence-corrected chi connectivity index (χ3v) is 5.58. The third kappa shape index (κ3) is 7.64. The van der Waals surface area contributed by atoms with Gasteiger partial charge in [0.05, 0.1) is 6.04 Å². The molecule has 0 spiro atoms. The van der Waals surface area contributed by atoms with Crippen LogP contribution in [0.3, 0.4) is 0 Å². The molecule has 0 aliphatic rings. The first-order valence-electron chi connectivity index (χ1n) is 11.4. The van der Waals surface area contributed by atoms with Gasteiger partial charge < -0.3 is 15.7 Å².